The van der Waals surface area contributed by atoms with Gasteiger partial charge in [0.25, 0.3) is 0 Å². The molecule has 3 aromatic carbocycles. The van der Waals surface area contributed by atoms with Crippen LogP contribution in [0.2, 0.25) is 0 Å². The van der Waals surface area contributed by atoms with Crippen molar-refractivity contribution in [3.05, 3.63) is 120 Å². The predicted molar refractivity (Wildman–Crippen MR) is 172 cm³/mol. The third-order valence-electron chi connectivity index (χ3n) is 8.24. The number of aliphatic carboxylic acids is 1. The van der Waals surface area contributed by atoms with Crippen molar-refractivity contribution in [2.24, 2.45) is 5.92 Å². The molecule has 0 unspecified atom stereocenters. The third kappa shape index (κ3) is 9.50. The largest absolute Gasteiger partial charge is 0.489 e. The summed E-state index contributed by atoms with van der Waals surface area (Å²) in [6.45, 7) is 1.66. The van der Waals surface area contributed by atoms with Gasteiger partial charge in [-0.15, -0.1) is 0 Å². The van der Waals surface area contributed by atoms with Crippen molar-refractivity contribution in [2.75, 3.05) is 13.1 Å². The summed E-state index contributed by atoms with van der Waals surface area (Å²) in [5, 5.41) is 12.5. The molecular weight excluding hydrogens is 566 g/mol. The van der Waals surface area contributed by atoms with Crippen LogP contribution in [-0.2, 0) is 33.8 Å². The topological polar surface area (TPSA) is 109 Å². The molecule has 4 aromatic rings. The summed E-state index contributed by atoms with van der Waals surface area (Å²) in [5.41, 5.74) is 5.10. The van der Waals surface area contributed by atoms with E-state index in [1.807, 2.05) is 96.0 Å². The van der Waals surface area contributed by atoms with Gasteiger partial charge in [-0.2, -0.15) is 0 Å². The average Bonchev–Trinajstić information content (AvgIpc) is 3.08. The summed E-state index contributed by atoms with van der Waals surface area (Å²) >= 11 is 0. The number of pyridine rings is 1. The predicted octanol–water partition coefficient (Wildman–Crippen LogP) is 5.70. The number of hydrogen-bond donors (Lipinski definition) is 2. The first-order chi connectivity index (χ1) is 21.9. The average molecular weight is 606 g/mol. The summed E-state index contributed by atoms with van der Waals surface area (Å²) in [4.78, 5) is 43.8. The lowest BCUT2D eigenvalue weighted by atomic mass is 9.92. The lowest BCUT2D eigenvalue weighted by Gasteiger charge is -2.32. The molecule has 1 saturated heterocycles. The van der Waals surface area contributed by atoms with Gasteiger partial charge in [-0.3, -0.25) is 14.6 Å². The Balaban J connectivity index is 1.03. The fraction of sp³-hybridized carbons (Fsp3) is 0.297. The van der Waals surface area contributed by atoms with Gasteiger partial charge in [-0.25, -0.2) is 4.79 Å². The Morgan fingerprint density at radius 1 is 0.867 bits per heavy atom. The zero-order chi connectivity index (χ0) is 31.4. The molecule has 0 saturated carbocycles. The van der Waals surface area contributed by atoms with Crippen molar-refractivity contribution >= 4 is 17.8 Å². The number of nitrogens with zero attached hydrogens (tertiary/aromatic N) is 2. The number of likely N-dealkylation sites (tertiary alicyclic amines) is 1. The Bertz CT molecular complexity index is 1550. The first-order valence-electron chi connectivity index (χ1n) is 15.5. The third-order valence-corrected chi connectivity index (χ3v) is 8.24. The molecule has 8 heteroatoms. The molecule has 0 radical (unpaired) electrons. The molecule has 232 valence electrons. The zero-order valence-corrected chi connectivity index (χ0v) is 25.3. The van der Waals surface area contributed by atoms with Crippen LogP contribution in [0.25, 0.3) is 11.1 Å². The van der Waals surface area contributed by atoms with Gasteiger partial charge in [0, 0.05) is 44.7 Å². The number of nitrogens with one attached hydrogen (secondary N) is 1. The van der Waals surface area contributed by atoms with Gasteiger partial charge >= 0.3 is 5.97 Å². The summed E-state index contributed by atoms with van der Waals surface area (Å²) in [5.74, 6) is -0.422. The Morgan fingerprint density at radius 3 is 2.31 bits per heavy atom. The molecule has 0 spiro atoms. The molecule has 1 fully saturated rings. The molecule has 2 amide bonds. The highest BCUT2D eigenvalue weighted by Gasteiger charge is 2.26. The first-order valence-corrected chi connectivity index (χ1v) is 15.5. The van der Waals surface area contributed by atoms with Crippen LogP contribution in [0.1, 0.15) is 42.4 Å². The van der Waals surface area contributed by atoms with Crippen LogP contribution in [0.5, 0.6) is 5.75 Å². The van der Waals surface area contributed by atoms with Gasteiger partial charge in [0.15, 0.2) is 0 Å². The molecule has 45 heavy (non-hydrogen) atoms. The van der Waals surface area contributed by atoms with Gasteiger partial charge in [-0.1, -0.05) is 72.8 Å². The molecule has 2 N–H and O–H groups in total. The van der Waals surface area contributed by atoms with Crippen LogP contribution in [0.3, 0.4) is 0 Å². The second-order valence-electron chi connectivity index (χ2n) is 11.6. The van der Waals surface area contributed by atoms with Crippen LogP contribution in [0.4, 0.5) is 0 Å². The molecule has 2 heterocycles. The number of carbonyl (C=O) groups is 3. The molecule has 1 atom stereocenters. The number of aryl methyl sites for hydroxylation is 1. The molecule has 1 aliphatic rings. The monoisotopic (exact) mass is 605 g/mol. The van der Waals surface area contributed by atoms with E-state index in [1.165, 1.54) is 0 Å². The van der Waals surface area contributed by atoms with E-state index in [0.717, 1.165) is 40.7 Å². The second-order valence-corrected chi connectivity index (χ2v) is 11.6. The number of piperidine rings is 1. The lowest BCUT2D eigenvalue weighted by Crippen LogP contribution is -2.44. The fourth-order valence-corrected chi connectivity index (χ4v) is 5.65. The summed E-state index contributed by atoms with van der Waals surface area (Å²) in [6.07, 6.45) is 6.54. The van der Waals surface area contributed by atoms with Gasteiger partial charge in [0.05, 0.1) is 0 Å². The number of carboxylic acids is 1. The minimum absolute atomic E-state index is 0.112. The van der Waals surface area contributed by atoms with E-state index in [4.69, 9.17) is 4.74 Å². The Hall–Kier alpha value is -4.98. The molecule has 0 aliphatic carbocycles. The molecule has 8 nitrogen and oxygen atoms in total. The SMILES string of the molecule is O=C(CC1CCN(C(=O)CCc2cccc(-c3cccnc3)c2)CC1)N[C@@H](Cc1ccc(OCc2ccccc2)cc1)C(=O)O. The number of amides is 2. The van der Waals surface area contributed by atoms with E-state index in [2.05, 4.69) is 16.4 Å². The fourth-order valence-electron chi connectivity index (χ4n) is 5.65. The van der Waals surface area contributed by atoms with E-state index in [9.17, 15) is 19.5 Å². The van der Waals surface area contributed by atoms with Crippen LogP contribution in [0, 0.1) is 5.92 Å². The Kier molecular flexibility index (Phi) is 10.9. The van der Waals surface area contributed by atoms with Crippen molar-refractivity contribution < 1.29 is 24.2 Å². The van der Waals surface area contributed by atoms with Crippen molar-refractivity contribution in [1.82, 2.24) is 15.2 Å². The van der Waals surface area contributed by atoms with Crippen LogP contribution in [-0.4, -0.2) is 51.9 Å². The number of carboxylic acid groups (broad SMARTS) is 1. The van der Waals surface area contributed by atoms with Gasteiger partial charge in [0.2, 0.25) is 11.8 Å². The van der Waals surface area contributed by atoms with Gasteiger partial charge in [0.1, 0.15) is 18.4 Å². The smallest absolute Gasteiger partial charge is 0.326 e. The minimum Gasteiger partial charge on any atom is -0.489 e. The number of carbonyl (C=O) groups excluding carboxylic acids is 2. The highest BCUT2D eigenvalue weighted by molar-refractivity contribution is 5.84. The molecule has 5 rings (SSSR count). The van der Waals surface area contributed by atoms with E-state index in [-0.39, 0.29) is 30.6 Å². The Labute approximate surface area is 264 Å². The van der Waals surface area contributed by atoms with Crippen LogP contribution >= 0.6 is 0 Å². The van der Waals surface area contributed by atoms with Crippen molar-refractivity contribution in [2.45, 2.75) is 51.2 Å². The molecule has 1 aromatic heterocycles. The number of benzene rings is 3. The first kappa shape index (κ1) is 31.4. The lowest BCUT2D eigenvalue weighted by molar-refractivity contribution is -0.142. The van der Waals surface area contributed by atoms with Gasteiger partial charge < -0.3 is 20.1 Å². The maximum absolute atomic E-state index is 12.9. The molecule has 0 bridgehead atoms. The standard InChI is InChI=1S/C37H39N3O5/c41-35(39-34(37(43)44)23-28-11-14-33(15-12-28)45-26-30-6-2-1-3-7-30)24-29-17-20-40(21-18-29)36(42)16-13-27-8-4-9-31(22-27)32-10-5-19-38-25-32/h1-12,14-15,19,22,25,29,34H,13,16-18,20-21,23-24,26H2,(H,39,41)(H,43,44)/t34-/m0/s1. The summed E-state index contributed by atoms with van der Waals surface area (Å²) in [7, 11) is 0. The maximum Gasteiger partial charge on any atom is 0.326 e. The number of aromatic nitrogens is 1. The van der Waals surface area contributed by atoms with Crippen LogP contribution < -0.4 is 10.1 Å². The van der Waals surface area contributed by atoms with Gasteiger partial charge in [-0.05, 0) is 71.2 Å². The summed E-state index contributed by atoms with van der Waals surface area (Å²) < 4.78 is 5.81. The molecule has 1 aliphatic heterocycles. The number of rotatable bonds is 13. The van der Waals surface area contributed by atoms with E-state index < -0.39 is 12.0 Å². The van der Waals surface area contributed by atoms with Crippen LogP contribution in [0.15, 0.2) is 103 Å². The molecular formula is C37H39N3O5. The van der Waals surface area contributed by atoms with E-state index in [1.54, 1.807) is 6.20 Å². The van der Waals surface area contributed by atoms with E-state index >= 15 is 0 Å². The van der Waals surface area contributed by atoms with Crippen molar-refractivity contribution in [3.8, 4) is 16.9 Å². The Morgan fingerprint density at radius 2 is 1.60 bits per heavy atom. The van der Waals surface area contributed by atoms with Crippen molar-refractivity contribution in [1.29, 1.82) is 0 Å². The highest BCUT2D eigenvalue weighted by Crippen LogP contribution is 2.23. The summed E-state index contributed by atoms with van der Waals surface area (Å²) in [6, 6.07) is 28.2. The van der Waals surface area contributed by atoms with E-state index in [0.29, 0.717) is 38.3 Å². The second kappa shape index (κ2) is 15.7. The zero-order valence-electron chi connectivity index (χ0n) is 25.3. The minimum atomic E-state index is -1.07. The number of hydrogen-bond acceptors (Lipinski definition) is 5. The highest BCUT2D eigenvalue weighted by atomic mass is 16.5. The number of ether oxygens (including phenoxy) is 1. The normalized spacial score (nSPS) is 14.0. The quantitative estimate of drug-likeness (QED) is 0.202. The van der Waals surface area contributed by atoms with Crippen molar-refractivity contribution in [3.63, 3.8) is 0 Å². The maximum atomic E-state index is 12.9.